The number of rotatable bonds is 1. The summed E-state index contributed by atoms with van der Waals surface area (Å²) in [4.78, 5) is 26.9. The van der Waals surface area contributed by atoms with Crippen LogP contribution in [-0.2, 0) is 27.0 Å². The third-order valence-electron chi connectivity index (χ3n) is 9.44. The molecule has 244 valence electrons. The van der Waals surface area contributed by atoms with Gasteiger partial charge in [-0.25, -0.2) is 27.2 Å². The number of ether oxygens (including phenoxy) is 1. The zero-order valence-electron chi connectivity index (χ0n) is 25.8. The van der Waals surface area contributed by atoms with E-state index in [-0.39, 0.29) is 60.6 Å². The maximum atomic E-state index is 15.6. The van der Waals surface area contributed by atoms with Gasteiger partial charge in [0, 0.05) is 37.7 Å². The fraction of sp³-hybridized carbons (Fsp3) is 0.594. The van der Waals surface area contributed by atoms with Crippen LogP contribution in [0.4, 0.5) is 20.3 Å². The van der Waals surface area contributed by atoms with Crippen LogP contribution in [0, 0.1) is 5.92 Å². The first-order chi connectivity index (χ1) is 21.6. The highest BCUT2D eigenvalue weighted by molar-refractivity contribution is 7.91. The maximum Gasteiger partial charge on any atom is 0.275 e. The Balaban J connectivity index is 1.36. The molecule has 4 aliphatic rings. The van der Waals surface area contributed by atoms with Crippen molar-refractivity contribution in [3.05, 3.63) is 58.1 Å². The SMILES string of the molecule is C[C@H]1Nc2ncnc3c2cc(N2CCS(=O)(=O)CC2)c(=O)n3CCOCCCCN2CCC(CC2)CC(F)(F)c2cccc1c2. The van der Waals surface area contributed by atoms with Gasteiger partial charge in [0.15, 0.2) is 9.84 Å². The van der Waals surface area contributed by atoms with E-state index in [0.717, 1.165) is 45.3 Å². The van der Waals surface area contributed by atoms with Gasteiger partial charge in [-0.15, -0.1) is 0 Å². The molecule has 0 spiro atoms. The fourth-order valence-electron chi connectivity index (χ4n) is 6.69. The normalized spacial score (nSPS) is 26.1. The van der Waals surface area contributed by atoms with Gasteiger partial charge in [0.1, 0.15) is 23.5 Å². The lowest BCUT2D eigenvalue weighted by Crippen LogP contribution is -2.43. The second-order valence-electron chi connectivity index (χ2n) is 12.6. The molecule has 6 heterocycles. The minimum absolute atomic E-state index is 0.0157. The number of nitrogens with one attached hydrogen (secondary N) is 1. The second kappa shape index (κ2) is 13.3. The molecule has 4 aliphatic heterocycles. The summed E-state index contributed by atoms with van der Waals surface area (Å²) in [5.74, 6) is -2.55. The Morgan fingerprint density at radius 1 is 0.978 bits per heavy atom. The van der Waals surface area contributed by atoms with Gasteiger partial charge in [-0.2, -0.15) is 0 Å². The Labute approximate surface area is 262 Å². The van der Waals surface area contributed by atoms with Crippen molar-refractivity contribution in [2.75, 3.05) is 67.7 Å². The molecule has 2 fully saturated rings. The third kappa shape index (κ3) is 7.30. The highest BCUT2D eigenvalue weighted by atomic mass is 32.2. The lowest BCUT2D eigenvalue weighted by molar-refractivity contribution is -0.0372. The molecule has 1 atom stereocenters. The van der Waals surface area contributed by atoms with E-state index in [2.05, 4.69) is 20.2 Å². The van der Waals surface area contributed by atoms with Crippen molar-refractivity contribution in [2.45, 2.75) is 57.5 Å². The lowest BCUT2D eigenvalue weighted by atomic mass is 9.87. The molecule has 7 rings (SSSR count). The Morgan fingerprint density at radius 3 is 2.53 bits per heavy atom. The van der Waals surface area contributed by atoms with Crippen LogP contribution in [0.3, 0.4) is 0 Å². The van der Waals surface area contributed by atoms with Gasteiger partial charge >= 0.3 is 0 Å². The molecular formula is C32H42F2N6O4S. The molecule has 2 aromatic heterocycles. The summed E-state index contributed by atoms with van der Waals surface area (Å²) in [6.45, 7) is 6.04. The molecule has 0 unspecified atom stereocenters. The van der Waals surface area contributed by atoms with E-state index in [1.54, 1.807) is 27.7 Å². The van der Waals surface area contributed by atoms with E-state index < -0.39 is 15.8 Å². The number of sulfone groups is 1. The largest absolute Gasteiger partial charge is 0.380 e. The molecule has 13 heteroatoms. The van der Waals surface area contributed by atoms with E-state index in [9.17, 15) is 13.2 Å². The molecule has 0 amide bonds. The first-order valence-electron chi connectivity index (χ1n) is 16.0. The molecular weight excluding hydrogens is 602 g/mol. The van der Waals surface area contributed by atoms with Gasteiger partial charge in [0.25, 0.3) is 11.5 Å². The summed E-state index contributed by atoms with van der Waals surface area (Å²) in [6, 6.07) is 7.92. The van der Waals surface area contributed by atoms with Gasteiger partial charge in [-0.3, -0.25) is 9.36 Å². The number of pyridine rings is 1. The smallest absolute Gasteiger partial charge is 0.275 e. The van der Waals surface area contributed by atoms with E-state index in [1.165, 1.54) is 12.4 Å². The van der Waals surface area contributed by atoms with Crippen LogP contribution in [0.1, 0.15) is 56.2 Å². The minimum Gasteiger partial charge on any atom is -0.380 e. The highest BCUT2D eigenvalue weighted by Gasteiger charge is 2.36. The quantitative estimate of drug-likeness (QED) is 0.417. The molecule has 8 bridgehead atoms. The second-order valence-corrected chi connectivity index (χ2v) is 14.9. The summed E-state index contributed by atoms with van der Waals surface area (Å²) < 4.78 is 63.0. The molecule has 0 radical (unpaired) electrons. The van der Waals surface area contributed by atoms with Gasteiger partial charge in [0.05, 0.1) is 30.0 Å². The number of aromatic nitrogens is 3. The van der Waals surface area contributed by atoms with Crippen LogP contribution < -0.4 is 15.8 Å². The Hall–Kier alpha value is -3.16. The zero-order chi connectivity index (χ0) is 31.6. The predicted molar refractivity (Wildman–Crippen MR) is 171 cm³/mol. The van der Waals surface area contributed by atoms with Crippen LogP contribution in [0.25, 0.3) is 11.0 Å². The predicted octanol–water partition coefficient (Wildman–Crippen LogP) is 4.20. The van der Waals surface area contributed by atoms with Crippen LogP contribution in [-0.4, -0.2) is 85.3 Å². The van der Waals surface area contributed by atoms with Crippen LogP contribution >= 0.6 is 0 Å². The number of nitrogens with zero attached hydrogens (tertiary/aromatic N) is 5. The Bertz CT molecular complexity index is 1660. The average molecular weight is 645 g/mol. The van der Waals surface area contributed by atoms with Crippen LogP contribution in [0.5, 0.6) is 0 Å². The van der Waals surface area contributed by atoms with Crippen LogP contribution in [0.2, 0.25) is 0 Å². The van der Waals surface area contributed by atoms with Crippen molar-refractivity contribution in [2.24, 2.45) is 5.92 Å². The van der Waals surface area contributed by atoms with Crippen molar-refractivity contribution in [3.8, 4) is 0 Å². The molecule has 0 saturated carbocycles. The van der Waals surface area contributed by atoms with Crippen molar-refractivity contribution >= 4 is 32.4 Å². The first kappa shape index (κ1) is 31.8. The summed E-state index contributed by atoms with van der Waals surface area (Å²) in [5.41, 5.74) is 1.24. The highest BCUT2D eigenvalue weighted by Crippen LogP contribution is 2.39. The summed E-state index contributed by atoms with van der Waals surface area (Å²) in [5, 5.41) is 3.96. The number of piperidine rings is 1. The van der Waals surface area contributed by atoms with Gasteiger partial charge in [0.2, 0.25) is 0 Å². The number of hydrogen-bond acceptors (Lipinski definition) is 9. The first-order valence-corrected chi connectivity index (χ1v) is 17.8. The van der Waals surface area contributed by atoms with E-state index in [4.69, 9.17) is 4.74 Å². The van der Waals surface area contributed by atoms with Crippen molar-refractivity contribution < 1.29 is 21.9 Å². The number of fused-ring (bicyclic) bond motifs is 10. The fourth-order valence-corrected chi connectivity index (χ4v) is 7.89. The van der Waals surface area contributed by atoms with Crippen molar-refractivity contribution in [1.29, 1.82) is 0 Å². The average Bonchev–Trinajstić information content (AvgIpc) is 3.02. The number of benzene rings is 1. The van der Waals surface area contributed by atoms with Gasteiger partial charge in [-0.1, -0.05) is 18.2 Å². The van der Waals surface area contributed by atoms with E-state index in [1.807, 2.05) is 13.0 Å². The molecule has 1 N–H and O–H groups in total. The Morgan fingerprint density at radius 2 is 1.76 bits per heavy atom. The molecule has 0 aliphatic carbocycles. The van der Waals surface area contributed by atoms with E-state index >= 15 is 8.78 Å². The number of alkyl halides is 2. The van der Waals surface area contributed by atoms with Gasteiger partial charge < -0.3 is 19.9 Å². The Kier molecular flexibility index (Phi) is 9.39. The minimum atomic E-state index is -3.15. The molecule has 3 aromatic rings. The molecule has 45 heavy (non-hydrogen) atoms. The maximum absolute atomic E-state index is 15.6. The molecule has 2 saturated heterocycles. The monoisotopic (exact) mass is 644 g/mol. The summed E-state index contributed by atoms with van der Waals surface area (Å²) in [6.07, 6.45) is 4.58. The molecule has 10 nitrogen and oxygen atoms in total. The van der Waals surface area contributed by atoms with E-state index in [0.29, 0.717) is 41.3 Å². The third-order valence-corrected chi connectivity index (χ3v) is 11.0. The lowest BCUT2D eigenvalue weighted by Gasteiger charge is -2.33. The number of anilines is 2. The number of hydrogen-bond donors (Lipinski definition) is 1. The topological polar surface area (TPSA) is 110 Å². The summed E-state index contributed by atoms with van der Waals surface area (Å²) >= 11 is 0. The van der Waals surface area contributed by atoms with Crippen molar-refractivity contribution in [1.82, 2.24) is 19.4 Å². The standard InChI is InChI=1S/C32H42F2N6O4S/c1-23-25-5-4-6-26(19-25)32(33,34)21-24-7-10-38(11-8-24)9-2-3-15-44-16-12-40-30-27(29(37-23)35-22-36-30)20-28(31(40)41)39-13-17-45(42,43)18-14-39/h4-6,19-20,22-24H,2-3,7-18,21H2,1H3,(H,35,36,37)/t23-/m1/s1. The molecule has 1 aromatic carbocycles. The summed E-state index contributed by atoms with van der Waals surface area (Å²) in [7, 11) is -3.15. The van der Waals surface area contributed by atoms with Crippen LogP contribution in [0.15, 0.2) is 41.5 Å². The number of halogens is 2. The van der Waals surface area contributed by atoms with Crippen molar-refractivity contribution in [3.63, 3.8) is 0 Å². The zero-order valence-corrected chi connectivity index (χ0v) is 26.6. The van der Waals surface area contributed by atoms with Gasteiger partial charge in [-0.05, 0) is 75.9 Å².